The van der Waals surface area contributed by atoms with Crippen molar-refractivity contribution >= 4 is 11.9 Å². The number of hydrogen-bond donors (Lipinski definition) is 0. The first-order valence-corrected chi connectivity index (χ1v) is 11.1. The summed E-state index contributed by atoms with van der Waals surface area (Å²) in [4.78, 5) is 21.2. The zero-order valence-corrected chi connectivity index (χ0v) is 21.2. The second kappa shape index (κ2) is 20.3. The lowest BCUT2D eigenvalue weighted by molar-refractivity contribution is -0.145. The van der Waals surface area contributed by atoms with E-state index in [-0.39, 0.29) is 11.9 Å². The monoisotopic (exact) mass is 444 g/mol. The van der Waals surface area contributed by atoms with E-state index < -0.39 is 5.97 Å². The van der Waals surface area contributed by atoms with Crippen LogP contribution in [0.2, 0.25) is 0 Å². The summed E-state index contributed by atoms with van der Waals surface area (Å²) < 4.78 is 8.90. The van der Waals surface area contributed by atoms with Crippen molar-refractivity contribution in [2.75, 3.05) is 14.2 Å². The van der Waals surface area contributed by atoms with Crippen LogP contribution in [-0.2, 0) is 19.1 Å². The lowest BCUT2D eigenvalue weighted by Crippen LogP contribution is -2.18. The predicted octanol–water partition coefficient (Wildman–Crippen LogP) is 7.45. The minimum atomic E-state index is -0.394. The number of esters is 2. The molecule has 0 spiro atoms. The average Bonchev–Trinajstić information content (AvgIpc) is 2.78. The van der Waals surface area contributed by atoms with Crippen LogP contribution < -0.4 is 0 Å². The van der Waals surface area contributed by atoms with Gasteiger partial charge in [-0.2, -0.15) is 0 Å². The molecule has 1 atom stereocenters. The summed E-state index contributed by atoms with van der Waals surface area (Å²) in [6, 6.07) is 0. The molecule has 0 aromatic heterocycles. The Bertz CT molecular complexity index is 684. The quantitative estimate of drug-likeness (QED) is 0.160. The standard InChI is InChI=1S/C14H22O2.C10H16.C4H6O2/c1-11(2)5-4-6-12-7-9-13(10-8-12)14(15)16-3;1-5-10(4)8-6-7-9(2)3;1-3-4(5)6-2/h5,7,13H,4,6,8-10H2,1-3H3;5,7H,1,4,6,8H2,2-3H3;3H,1H2,2H3. The Morgan fingerprint density at radius 2 is 1.59 bits per heavy atom. The van der Waals surface area contributed by atoms with Gasteiger partial charge in [0.05, 0.1) is 20.1 Å². The molecule has 0 aromatic rings. The summed E-state index contributed by atoms with van der Waals surface area (Å²) >= 11 is 0. The van der Waals surface area contributed by atoms with Crippen LogP contribution in [0.25, 0.3) is 0 Å². The second-order valence-electron chi connectivity index (χ2n) is 8.09. The van der Waals surface area contributed by atoms with E-state index in [9.17, 15) is 9.59 Å². The van der Waals surface area contributed by atoms with E-state index in [1.165, 1.54) is 30.9 Å². The summed E-state index contributed by atoms with van der Waals surface area (Å²) in [5.41, 5.74) is 5.37. The molecule has 0 aliphatic heterocycles. The molecule has 0 amide bonds. The highest BCUT2D eigenvalue weighted by atomic mass is 16.5. The maximum absolute atomic E-state index is 11.3. The van der Waals surface area contributed by atoms with E-state index in [1.807, 2.05) is 6.08 Å². The fraction of sp³-hybridized carbons (Fsp3) is 0.500. The van der Waals surface area contributed by atoms with E-state index >= 15 is 0 Å². The van der Waals surface area contributed by atoms with Gasteiger partial charge in [0.1, 0.15) is 0 Å². The molecule has 0 aromatic carbocycles. The van der Waals surface area contributed by atoms with Gasteiger partial charge in [-0.25, -0.2) is 4.79 Å². The van der Waals surface area contributed by atoms with Gasteiger partial charge in [0.15, 0.2) is 0 Å². The normalized spacial score (nSPS) is 13.9. The van der Waals surface area contributed by atoms with Crippen LogP contribution >= 0.6 is 0 Å². The molecule has 1 aliphatic rings. The van der Waals surface area contributed by atoms with Gasteiger partial charge in [-0.05, 0) is 72.6 Å². The van der Waals surface area contributed by atoms with Crippen LogP contribution in [0.5, 0.6) is 0 Å². The van der Waals surface area contributed by atoms with Gasteiger partial charge in [-0.1, -0.05) is 66.3 Å². The van der Waals surface area contributed by atoms with Gasteiger partial charge < -0.3 is 9.47 Å². The summed E-state index contributed by atoms with van der Waals surface area (Å²) in [6.07, 6.45) is 16.9. The third-order valence-corrected chi connectivity index (χ3v) is 4.73. The third kappa shape index (κ3) is 19.3. The fourth-order valence-electron chi connectivity index (χ4n) is 2.77. The molecule has 0 saturated heterocycles. The summed E-state index contributed by atoms with van der Waals surface area (Å²) in [7, 11) is 2.78. The molecule has 4 nitrogen and oxygen atoms in total. The van der Waals surface area contributed by atoms with Crippen molar-refractivity contribution in [1.82, 2.24) is 0 Å². The largest absolute Gasteiger partial charge is 0.469 e. The van der Waals surface area contributed by atoms with Crippen LogP contribution in [0.15, 0.2) is 72.4 Å². The van der Waals surface area contributed by atoms with Crippen molar-refractivity contribution < 1.29 is 19.1 Å². The molecular formula is C28H44O4. The minimum absolute atomic E-state index is 0.0559. The Morgan fingerprint density at radius 1 is 1.00 bits per heavy atom. The van der Waals surface area contributed by atoms with E-state index in [0.29, 0.717) is 0 Å². The van der Waals surface area contributed by atoms with Gasteiger partial charge in [0.25, 0.3) is 0 Å². The number of carbonyl (C=O) groups is 2. The van der Waals surface area contributed by atoms with E-state index in [0.717, 1.165) is 56.6 Å². The molecule has 0 bridgehead atoms. The topological polar surface area (TPSA) is 52.6 Å². The molecule has 0 heterocycles. The van der Waals surface area contributed by atoms with Gasteiger partial charge in [-0.3, -0.25) is 4.79 Å². The highest BCUT2D eigenvalue weighted by Gasteiger charge is 2.21. The highest BCUT2D eigenvalue weighted by Crippen LogP contribution is 2.27. The van der Waals surface area contributed by atoms with E-state index in [2.05, 4.69) is 70.4 Å². The number of carbonyl (C=O) groups excluding carboxylic acids is 2. The Morgan fingerprint density at radius 3 is 1.97 bits per heavy atom. The van der Waals surface area contributed by atoms with Crippen molar-refractivity contribution in [1.29, 1.82) is 0 Å². The first-order valence-electron chi connectivity index (χ1n) is 11.1. The summed E-state index contributed by atoms with van der Waals surface area (Å²) in [5.74, 6) is -0.355. The molecule has 0 N–H and O–H groups in total. The molecule has 0 fully saturated rings. The highest BCUT2D eigenvalue weighted by molar-refractivity contribution is 5.80. The first-order chi connectivity index (χ1) is 15.1. The van der Waals surface area contributed by atoms with Crippen LogP contribution in [0, 0.1) is 5.92 Å². The minimum Gasteiger partial charge on any atom is -0.469 e. The Labute approximate surface area is 196 Å². The van der Waals surface area contributed by atoms with Crippen molar-refractivity contribution in [2.24, 2.45) is 5.92 Å². The van der Waals surface area contributed by atoms with E-state index in [4.69, 9.17) is 4.74 Å². The maximum Gasteiger partial charge on any atom is 0.329 e. The van der Waals surface area contributed by atoms with Gasteiger partial charge >= 0.3 is 11.9 Å². The average molecular weight is 445 g/mol. The van der Waals surface area contributed by atoms with Crippen molar-refractivity contribution in [2.45, 2.75) is 72.6 Å². The number of rotatable bonds is 9. The SMILES string of the molecule is C=CC(=C)CCC=C(C)C.C=CC(=O)OC.COC(=O)C1CC=C(CCC=C(C)C)CC1. The molecule has 0 radical (unpaired) electrons. The molecule has 32 heavy (non-hydrogen) atoms. The Balaban J connectivity index is 0. The molecule has 4 heteroatoms. The summed E-state index contributed by atoms with van der Waals surface area (Å²) in [5, 5.41) is 0. The van der Waals surface area contributed by atoms with Crippen molar-refractivity contribution in [3.05, 3.63) is 72.4 Å². The van der Waals surface area contributed by atoms with Crippen LogP contribution in [0.4, 0.5) is 0 Å². The van der Waals surface area contributed by atoms with Crippen LogP contribution in [-0.4, -0.2) is 26.2 Å². The van der Waals surface area contributed by atoms with Gasteiger partial charge in [0, 0.05) is 6.08 Å². The lowest BCUT2D eigenvalue weighted by atomic mass is 9.88. The number of ether oxygens (including phenoxy) is 2. The zero-order chi connectivity index (χ0) is 24.9. The lowest BCUT2D eigenvalue weighted by Gasteiger charge is -2.19. The number of hydrogen-bond acceptors (Lipinski definition) is 4. The Kier molecular flexibility index (Phi) is 20.0. The molecular weight excluding hydrogens is 400 g/mol. The second-order valence-corrected chi connectivity index (χ2v) is 8.09. The van der Waals surface area contributed by atoms with Gasteiger partial charge in [0.2, 0.25) is 0 Å². The zero-order valence-electron chi connectivity index (χ0n) is 21.2. The molecule has 180 valence electrons. The molecule has 1 rings (SSSR count). The van der Waals surface area contributed by atoms with E-state index in [1.54, 1.807) is 0 Å². The third-order valence-electron chi connectivity index (χ3n) is 4.73. The molecule has 1 aliphatic carbocycles. The molecule has 1 unspecified atom stereocenters. The van der Waals surface area contributed by atoms with Gasteiger partial charge in [-0.15, -0.1) is 0 Å². The van der Waals surface area contributed by atoms with Crippen molar-refractivity contribution in [3.63, 3.8) is 0 Å². The van der Waals surface area contributed by atoms with Crippen molar-refractivity contribution in [3.8, 4) is 0 Å². The summed E-state index contributed by atoms with van der Waals surface area (Å²) in [6.45, 7) is 19.1. The maximum atomic E-state index is 11.3. The smallest absolute Gasteiger partial charge is 0.329 e. The first kappa shape index (κ1) is 31.6. The molecule has 0 saturated carbocycles. The predicted molar refractivity (Wildman–Crippen MR) is 136 cm³/mol. The fourth-order valence-corrected chi connectivity index (χ4v) is 2.77. The number of allylic oxidation sites excluding steroid dienone is 8. The van der Waals surface area contributed by atoms with Crippen LogP contribution in [0.1, 0.15) is 72.6 Å². The Hall–Kier alpha value is -2.62. The van der Waals surface area contributed by atoms with Crippen LogP contribution in [0.3, 0.4) is 0 Å². The number of methoxy groups -OCH3 is 2.